The molecule has 0 N–H and O–H groups in total. The highest BCUT2D eigenvalue weighted by Gasteiger charge is 2.30. The van der Waals surface area contributed by atoms with Crippen molar-refractivity contribution in [2.75, 3.05) is 11.9 Å². The van der Waals surface area contributed by atoms with Crippen LogP contribution in [0.25, 0.3) is 0 Å². The predicted octanol–water partition coefficient (Wildman–Crippen LogP) is 3.54. The number of halogens is 1. The molecule has 0 aliphatic heterocycles. The molecule has 1 amide bonds. The zero-order chi connectivity index (χ0) is 14.1. The number of hydrogen-bond acceptors (Lipinski definition) is 2. The lowest BCUT2D eigenvalue weighted by Crippen LogP contribution is -2.31. The first kappa shape index (κ1) is 13.3. The van der Waals surface area contributed by atoms with Gasteiger partial charge in [0.05, 0.1) is 5.92 Å². The monoisotopic (exact) mass is 330 g/mol. The molecule has 1 atom stereocenters. The fraction of sp³-hybridized carbons (Fsp3) is 0.250. The van der Waals surface area contributed by atoms with E-state index in [2.05, 4.69) is 33.0 Å². The van der Waals surface area contributed by atoms with Gasteiger partial charge in [-0.15, -0.1) is 0 Å². The smallest absolute Gasteiger partial charge is 0.235 e. The standard InChI is InChI=1S/C16H15BrN2O/c1-19(15-9-7-12(17)10-18-15)16(20)14-8-6-11-4-2-3-5-13(11)14/h2-5,7,9-10,14H,6,8H2,1H3. The minimum Gasteiger partial charge on any atom is -0.299 e. The second-order valence-electron chi connectivity index (χ2n) is 5.02. The van der Waals surface area contributed by atoms with Crippen LogP contribution in [-0.4, -0.2) is 17.9 Å². The van der Waals surface area contributed by atoms with Gasteiger partial charge in [-0.25, -0.2) is 4.98 Å². The molecule has 0 radical (unpaired) electrons. The van der Waals surface area contributed by atoms with Gasteiger partial charge in [0.15, 0.2) is 0 Å². The van der Waals surface area contributed by atoms with Gasteiger partial charge in [0.2, 0.25) is 5.91 Å². The maximum Gasteiger partial charge on any atom is 0.235 e. The highest BCUT2D eigenvalue weighted by Crippen LogP contribution is 2.34. The Labute approximate surface area is 126 Å². The van der Waals surface area contributed by atoms with Crippen molar-refractivity contribution < 1.29 is 4.79 Å². The molecule has 2 aromatic rings. The lowest BCUT2D eigenvalue weighted by atomic mass is 10.00. The van der Waals surface area contributed by atoms with E-state index in [9.17, 15) is 4.79 Å². The summed E-state index contributed by atoms with van der Waals surface area (Å²) < 4.78 is 0.910. The number of aryl methyl sites for hydroxylation is 1. The first-order valence-electron chi connectivity index (χ1n) is 6.64. The minimum atomic E-state index is -0.0401. The summed E-state index contributed by atoms with van der Waals surface area (Å²) >= 11 is 3.35. The fourth-order valence-electron chi connectivity index (χ4n) is 2.73. The van der Waals surface area contributed by atoms with Crippen LogP contribution < -0.4 is 4.90 Å². The minimum absolute atomic E-state index is 0.0401. The number of benzene rings is 1. The first-order valence-corrected chi connectivity index (χ1v) is 7.43. The summed E-state index contributed by atoms with van der Waals surface area (Å²) in [6, 6.07) is 12.0. The lowest BCUT2D eigenvalue weighted by Gasteiger charge is -2.20. The maximum atomic E-state index is 12.7. The third-order valence-corrected chi connectivity index (χ3v) is 4.29. The molecule has 0 saturated heterocycles. The molecule has 1 aromatic heterocycles. The maximum absolute atomic E-state index is 12.7. The summed E-state index contributed by atoms with van der Waals surface area (Å²) in [6.07, 6.45) is 3.58. The number of hydrogen-bond donors (Lipinski definition) is 0. The van der Waals surface area contributed by atoms with Crippen LogP contribution in [0.4, 0.5) is 5.82 Å². The van der Waals surface area contributed by atoms with Gasteiger partial charge in [-0.1, -0.05) is 24.3 Å². The summed E-state index contributed by atoms with van der Waals surface area (Å²) in [5.41, 5.74) is 2.46. The second-order valence-corrected chi connectivity index (χ2v) is 5.94. The number of aromatic nitrogens is 1. The van der Waals surface area contributed by atoms with Crippen LogP contribution in [-0.2, 0) is 11.2 Å². The molecule has 1 unspecified atom stereocenters. The second kappa shape index (κ2) is 5.37. The number of fused-ring (bicyclic) bond motifs is 1. The van der Waals surface area contributed by atoms with Crippen molar-refractivity contribution >= 4 is 27.7 Å². The number of nitrogens with zero attached hydrogens (tertiary/aromatic N) is 2. The van der Waals surface area contributed by atoms with Gasteiger partial charge in [0.1, 0.15) is 5.82 Å². The average molecular weight is 331 g/mol. The fourth-order valence-corrected chi connectivity index (χ4v) is 2.96. The lowest BCUT2D eigenvalue weighted by molar-refractivity contribution is -0.119. The number of anilines is 1. The molecule has 0 bridgehead atoms. The van der Waals surface area contributed by atoms with Crippen molar-refractivity contribution in [1.82, 2.24) is 4.98 Å². The molecule has 1 aliphatic rings. The van der Waals surface area contributed by atoms with Gasteiger partial charge < -0.3 is 0 Å². The normalized spacial score (nSPS) is 16.8. The summed E-state index contributed by atoms with van der Waals surface area (Å²) in [4.78, 5) is 18.6. The van der Waals surface area contributed by atoms with Gasteiger partial charge >= 0.3 is 0 Å². The van der Waals surface area contributed by atoms with Crippen LogP contribution in [0, 0.1) is 0 Å². The van der Waals surface area contributed by atoms with Crippen molar-refractivity contribution in [3.8, 4) is 0 Å². The Morgan fingerprint density at radius 1 is 1.30 bits per heavy atom. The van der Waals surface area contributed by atoms with Gasteiger partial charge in [0.25, 0.3) is 0 Å². The van der Waals surface area contributed by atoms with Gasteiger partial charge in [-0.05, 0) is 52.0 Å². The zero-order valence-electron chi connectivity index (χ0n) is 11.2. The van der Waals surface area contributed by atoms with Crippen LogP contribution in [0.2, 0.25) is 0 Å². The molecule has 0 spiro atoms. The van der Waals surface area contributed by atoms with Gasteiger partial charge in [0, 0.05) is 17.7 Å². The Balaban J connectivity index is 1.85. The van der Waals surface area contributed by atoms with Crippen molar-refractivity contribution in [1.29, 1.82) is 0 Å². The van der Waals surface area contributed by atoms with Crippen LogP contribution in [0.15, 0.2) is 47.1 Å². The van der Waals surface area contributed by atoms with Crippen LogP contribution >= 0.6 is 15.9 Å². The Hall–Kier alpha value is -1.68. The molecule has 3 nitrogen and oxygen atoms in total. The van der Waals surface area contributed by atoms with Crippen LogP contribution in [0.5, 0.6) is 0 Å². The first-order chi connectivity index (χ1) is 9.66. The molecule has 3 rings (SSSR count). The highest BCUT2D eigenvalue weighted by molar-refractivity contribution is 9.10. The van der Waals surface area contributed by atoms with Crippen LogP contribution in [0.1, 0.15) is 23.5 Å². The summed E-state index contributed by atoms with van der Waals surface area (Å²) in [5.74, 6) is 0.758. The quantitative estimate of drug-likeness (QED) is 0.843. The van der Waals surface area contributed by atoms with Gasteiger partial charge in [-0.2, -0.15) is 0 Å². The van der Waals surface area contributed by atoms with Crippen molar-refractivity contribution in [3.05, 3.63) is 58.2 Å². The Morgan fingerprint density at radius 3 is 2.85 bits per heavy atom. The SMILES string of the molecule is CN(C(=O)C1CCc2ccccc21)c1ccc(Br)cn1. The Kier molecular flexibility index (Phi) is 3.57. The van der Waals surface area contributed by atoms with E-state index in [-0.39, 0.29) is 11.8 Å². The topological polar surface area (TPSA) is 33.2 Å². The summed E-state index contributed by atoms with van der Waals surface area (Å²) in [7, 11) is 1.79. The van der Waals surface area contributed by atoms with E-state index in [0.717, 1.165) is 17.3 Å². The highest BCUT2D eigenvalue weighted by atomic mass is 79.9. The van der Waals surface area contributed by atoms with E-state index in [1.807, 2.05) is 24.3 Å². The molecule has 20 heavy (non-hydrogen) atoms. The van der Waals surface area contributed by atoms with E-state index < -0.39 is 0 Å². The third kappa shape index (κ3) is 2.36. The molecular weight excluding hydrogens is 316 g/mol. The van der Waals surface area contributed by atoms with E-state index >= 15 is 0 Å². The molecule has 1 heterocycles. The molecule has 1 aliphatic carbocycles. The van der Waals surface area contributed by atoms with Gasteiger partial charge in [-0.3, -0.25) is 9.69 Å². The van der Waals surface area contributed by atoms with E-state index in [0.29, 0.717) is 5.82 Å². The van der Waals surface area contributed by atoms with Crippen molar-refractivity contribution in [2.45, 2.75) is 18.8 Å². The number of pyridine rings is 1. The molecule has 0 saturated carbocycles. The predicted molar refractivity (Wildman–Crippen MR) is 82.9 cm³/mol. The van der Waals surface area contributed by atoms with Crippen molar-refractivity contribution in [2.24, 2.45) is 0 Å². The molecule has 4 heteroatoms. The summed E-state index contributed by atoms with van der Waals surface area (Å²) in [6.45, 7) is 0. The number of carbonyl (C=O) groups excluding carboxylic acids is 1. The van der Waals surface area contributed by atoms with Crippen molar-refractivity contribution in [3.63, 3.8) is 0 Å². The number of likely N-dealkylation sites (N-methyl/N-ethyl adjacent to an activating group) is 1. The number of carbonyl (C=O) groups is 1. The number of amides is 1. The summed E-state index contributed by atoms with van der Waals surface area (Å²) in [5, 5.41) is 0. The third-order valence-electron chi connectivity index (χ3n) is 3.82. The van der Waals surface area contributed by atoms with E-state index in [4.69, 9.17) is 0 Å². The Morgan fingerprint density at radius 2 is 2.10 bits per heavy atom. The molecule has 1 aromatic carbocycles. The molecule has 0 fully saturated rings. The Bertz CT molecular complexity index is 639. The molecule has 102 valence electrons. The molecular formula is C16H15BrN2O. The van der Waals surface area contributed by atoms with E-state index in [1.54, 1.807) is 18.1 Å². The van der Waals surface area contributed by atoms with E-state index in [1.165, 1.54) is 11.1 Å². The number of rotatable bonds is 2. The van der Waals surface area contributed by atoms with Crippen LogP contribution in [0.3, 0.4) is 0 Å². The zero-order valence-corrected chi connectivity index (χ0v) is 12.8. The largest absolute Gasteiger partial charge is 0.299 e. The average Bonchev–Trinajstić information content (AvgIpc) is 2.90.